The highest BCUT2D eigenvalue weighted by atomic mass is 16.5. The zero-order valence-electron chi connectivity index (χ0n) is 14.6. The average molecular weight is 298 g/mol. The van der Waals surface area contributed by atoms with Crippen molar-refractivity contribution >= 4 is 5.97 Å². The molecule has 0 aromatic heterocycles. The molecule has 0 amide bonds. The van der Waals surface area contributed by atoms with E-state index >= 15 is 0 Å². The van der Waals surface area contributed by atoms with Crippen LogP contribution in [-0.4, -0.2) is 49.2 Å². The van der Waals surface area contributed by atoms with E-state index in [1.807, 2.05) is 20.9 Å². The Labute approximate surface area is 130 Å². The molecular formula is C17H34N2O2. The first-order valence-corrected chi connectivity index (χ1v) is 8.53. The fraction of sp³-hybridized carbons (Fsp3) is 0.941. The molecule has 0 spiro atoms. The molecule has 4 heteroatoms. The quantitative estimate of drug-likeness (QED) is 0.596. The minimum absolute atomic E-state index is 0.132. The van der Waals surface area contributed by atoms with Gasteiger partial charge in [-0.3, -0.25) is 4.79 Å². The number of esters is 1. The van der Waals surface area contributed by atoms with Crippen molar-refractivity contribution in [1.82, 2.24) is 10.2 Å². The van der Waals surface area contributed by atoms with Crippen LogP contribution in [0.3, 0.4) is 0 Å². The van der Waals surface area contributed by atoms with E-state index in [4.69, 9.17) is 4.74 Å². The summed E-state index contributed by atoms with van der Waals surface area (Å²) < 4.78 is 5.18. The highest BCUT2D eigenvalue weighted by Crippen LogP contribution is 2.28. The third-order valence-electron chi connectivity index (χ3n) is 4.46. The van der Waals surface area contributed by atoms with Crippen molar-refractivity contribution in [2.45, 2.75) is 71.4 Å². The van der Waals surface area contributed by atoms with Crippen LogP contribution in [-0.2, 0) is 9.53 Å². The minimum Gasteiger partial charge on any atom is -0.465 e. The maximum atomic E-state index is 12.0. The molecule has 0 aliphatic heterocycles. The smallest absolute Gasteiger partial charge is 0.326 e. The third kappa shape index (κ3) is 6.35. The summed E-state index contributed by atoms with van der Waals surface area (Å²) in [6, 6.07) is 0.798. The average Bonchev–Trinajstić information content (AvgIpc) is 3.26. The number of carbonyl (C=O) groups is 1. The van der Waals surface area contributed by atoms with Crippen LogP contribution in [0.4, 0.5) is 0 Å². The summed E-state index contributed by atoms with van der Waals surface area (Å²) in [5.74, 6) is 0.626. The molecule has 1 fully saturated rings. The van der Waals surface area contributed by atoms with Crippen molar-refractivity contribution < 1.29 is 9.53 Å². The van der Waals surface area contributed by atoms with Gasteiger partial charge in [0.15, 0.2) is 0 Å². The van der Waals surface area contributed by atoms with Crippen LogP contribution < -0.4 is 5.32 Å². The second kappa shape index (κ2) is 8.74. The topological polar surface area (TPSA) is 41.6 Å². The molecule has 4 nitrogen and oxygen atoms in total. The number of ether oxygens (including phenoxy) is 1. The Morgan fingerprint density at radius 1 is 1.38 bits per heavy atom. The molecule has 1 atom stereocenters. The molecular weight excluding hydrogens is 264 g/mol. The van der Waals surface area contributed by atoms with E-state index < -0.39 is 5.54 Å². The molecule has 1 unspecified atom stereocenters. The molecule has 124 valence electrons. The van der Waals surface area contributed by atoms with Crippen molar-refractivity contribution in [3.63, 3.8) is 0 Å². The maximum Gasteiger partial charge on any atom is 0.326 e. The van der Waals surface area contributed by atoms with Gasteiger partial charge in [0, 0.05) is 6.04 Å². The molecule has 0 bridgehead atoms. The largest absolute Gasteiger partial charge is 0.465 e. The number of nitrogens with zero attached hydrogens (tertiary/aromatic N) is 1. The van der Waals surface area contributed by atoms with E-state index in [0.29, 0.717) is 6.61 Å². The molecule has 1 rings (SSSR count). The van der Waals surface area contributed by atoms with Crippen LogP contribution >= 0.6 is 0 Å². The monoisotopic (exact) mass is 298 g/mol. The Morgan fingerprint density at radius 2 is 2.05 bits per heavy atom. The molecule has 1 aliphatic carbocycles. The fourth-order valence-electron chi connectivity index (χ4n) is 2.60. The Kier molecular flexibility index (Phi) is 7.67. The van der Waals surface area contributed by atoms with Crippen LogP contribution in [0.1, 0.15) is 59.8 Å². The van der Waals surface area contributed by atoms with Gasteiger partial charge in [-0.1, -0.05) is 13.8 Å². The Bertz CT molecular complexity index is 316. The lowest BCUT2D eigenvalue weighted by Crippen LogP contribution is -2.49. The van der Waals surface area contributed by atoms with Gasteiger partial charge in [-0.15, -0.1) is 0 Å². The second-order valence-electron chi connectivity index (χ2n) is 6.86. The molecule has 0 heterocycles. The molecule has 0 saturated heterocycles. The summed E-state index contributed by atoms with van der Waals surface area (Å²) in [5.41, 5.74) is -0.552. The van der Waals surface area contributed by atoms with Gasteiger partial charge in [0.1, 0.15) is 5.54 Å². The second-order valence-corrected chi connectivity index (χ2v) is 6.86. The first-order valence-electron chi connectivity index (χ1n) is 8.53. The molecule has 1 aliphatic rings. The Balaban J connectivity index is 2.38. The van der Waals surface area contributed by atoms with Gasteiger partial charge in [-0.05, 0) is 72.0 Å². The summed E-state index contributed by atoms with van der Waals surface area (Å²) in [6.07, 6.45) is 5.81. The van der Waals surface area contributed by atoms with E-state index in [1.54, 1.807) is 0 Å². The maximum absolute atomic E-state index is 12.0. The number of likely N-dealkylation sites (N-methyl/N-ethyl adjacent to an activating group) is 1. The van der Waals surface area contributed by atoms with E-state index in [1.165, 1.54) is 25.8 Å². The zero-order chi connectivity index (χ0) is 15.9. The van der Waals surface area contributed by atoms with Crippen LogP contribution in [0.25, 0.3) is 0 Å². The molecule has 0 aromatic carbocycles. The lowest BCUT2D eigenvalue weighted by atomic mass is 9.96. The summed E-state index contributed by atoms with van der Waals surface area (Å²) in [5, 5.41) is 3.14. The predicted molar refractivity (Wildman–Crippen MR) is 87.4 cm³/mol. The normalized spacial score (nSPS) is 18.0. The summed E-state index contributed by atoms with van der Waals surface area (Å²) in [7, 11) is 1.84. The van der Waals surface area contributed by atoms with E-state index in [0.717, 1.165) is 31.3 Å². The zero-order valence-corrected chi connectivity index (χ0v) is 14.6. The number of rotatable bonds is 11. The number of hydrogen-bond donors (Lipinski definition) is 1. The molecule has 21 heavy (non-hydrogen) atoms. The van der Waals surface area contributed by atoms with Crippen molar-refractivity contribution in [1.29, 1.82) is 0 Å². The minimum atomic E-state index is -0.552. The summed E-state index contributed by atoms with van der Waals surface area (Å²) >= 11 is 0. The fourth-order valence-corrected chi connectivity index (χ4v) is 2.60. The van der Waals surface area contributed by atoms with Crippen molar-refractivity contribution in [2.75, 3.05) is 26.7 Å². The van der Waals surface area contributed by atoms with Crippen molar-refractivity contribution in [3.8, 4) is 0 Å². The number of hydrogen-bond acceptors (Lipinski definition) is 4. The van der Waals surface area contributed by atoms with Gasteiger partial charge in [0.05, 0.1) is 6.61 Å². The van der Waals surface area contributed by atoms with E-state index in [9.17, 15) is 4.79 Å². The van der Waals surface area contributed by atoms with Crippen LogP contribution in [0.15, 0.2) is 0 Å². The lowest BCUT2D eigenvalue weighted by molar-refractivity contribution is -0.150. The van der Waals surface area contributed by atoms with Gasteiger partial charge in [-0.25, -0.2) is 0 Å². The first kappa shape index (κ1) is 18.4. The standard InChI is InChI=1S/C17H34N2O2/c1-6-21-16(20)17(4,18-5)11-7-12-19(15-8-9-15)13-10-14(2)3/h14-15,18H,6-13H2,1-5H3. The van der Waals surface area contributed by atoms with Crippen LogP contribution in [0, 0.1) is 5.92 Å². The number of nitrogens with one attached hydrogen (secondary N) is 1. The predicted octanol–water partition coefficient (Wildman–Crippen LogP) is 2.82. The summed E-state index contributed by atoms with van der Waals surface area (Å²) in [4.78, 5) is 14.6. The van der Waals surface area contributed by atoms with E-state index in [2.05, 4.69) is 24.1 Å². The van der Waals surface area contributed by atoms with Gasteiger partial charge in [0.2, 0.25) is 0 Å². The van der Waals surface area contributed by atoms with Crippen LogP contribution in [0.2, 0.25) is 0 Å². The highest BCUT2D eigenvalue weighted by molar-refractivity contribution is 5.80. The van der Waals surface area contributed by atoms with Crippen molar-refractivity contribution in [2.24, 2.45) is 5.92 Å². The first-order chi connectivity index (χ1) is 9.92. The van der Waals surface area contributed by atoms with Crippen LogP contribution in [0.5, 0.6) is 0 Å². The van der Waals surface area contributed by atoms with Gasteiger partial charge in [0.25, 0.3) is 0 Å². The molecule has 1 saturated carbocycles. The summed E-state index contributed by atoms with van der Waals surface area (Å²) in [6.45, 7) is 11.1. The Hall–Kier alpha value is -0.610. The SMILES string of the molecule is CCOC(=O)C(C)(CCCN(CCC(C)C)C1CC1)NC. The Morgan fingerprint density at radius 3 is 2.52 bits per heavy atom. The van der Waals surface area contributed by atoms with Gasteiger partial charge < -0.3 is 15.0 Å². The number of carbonyl (C=O) groups excluding carboxylic acids is 1. The molecule has 0 radical (unpaired) electrons. The molecule has 1 N–H and O–H groups in total. The van der Waals surface area contributed by atoms with Gasteiger partial charge in [-0.2, -0.15) is 0 Å². The van der Waals surface area contributed by atoms with Crippen molar-refractivity contribution in [3.05, 3.63) is 0 Å². The third-order valence-corrected chi connectivity index (χ3v) is 4.46. The highest BCUT2D eigenvalue weighted by Gasteiger charge is 2.33. The lowest BCUT2D eigenvalue weighted by Gasteiger charge is -2.29. The van der Waals surface area contributed by atoms with Gasteiger partial charge >= 0.3 is 5.97 Å². The van der Waals surface area contributed by atoms with E-state index in [-0.39, 0.29) is 5.97 Å². The molecule has 0 aromatic rings.